The van der Waals surface area contributed by atoms with Gasteiger partial charge in [0.2, 0.25) is 0 Å². The van der Waals surface area contributed by atoms with E-state index in [-0.39, 0.29) is 18.1 Å². The van der Waals surface area contributed by atoms with Crippen LogP contribution < -0.4 is 5.32 Å². The van der Waals surface area contributed by atoms with E-state index in [4.69, 9.17) is 9.47 Å². The average Bonchev–Trinajstić information content (AvgIpc) is 2.77. The van der Waals surface area contributed by atoms with Gasteiger partial charge in [-0.15, -0.1) is 0 Å². The summed E-state index contributed by atoms with van der Waals surface area (Å²) in [6.45, 7) is -0.423. The van der Waals surface area contributed by atoms with Crippen LogP contribution in [0.3, 0.4) is 0 Å². The lowest BCUT2D eigenvalue weighted by molar-refractivity contribution is -0.148. The molecule has 146 valence electrons. The molecule has 0 atom stereocenters. The molecule has 0 bridgehead atoms. The van der Waals surface area contributed by atoms with Gasteiger partial charge in [0.25, 0.3) is 5.91 Å². The van der Waals surface area contributed by atoms with Crippen molar-refractivity contribution in [3.63, 3.8) is 0 Å². The average molecular weight is 389 g/mol. The van der Waals surface area contributed by atoms with Crippen molar-refractivity contribution in [2.45, 2.75) is 6.61 Å². The van der Waals surface area contributed by atoms with Gasteiger partial charge in [-0.05, 0) is 29.8 Å². The molecule has 29 heavy (non-hydrogen) atoms. The fraction of sp³-hybridized carbons (Fsp3) is 0.0870. The number of amides is 1. The third kappa shape index (κ3) is 5.77. The summed E-state index contributed by atoms with van der Waals surface area (Å²) in [5.41, 5.74) is 1.73. The molecule has 0 unspecified atom stereocenters. The Balaban J connectivity index is 1.57. The van der Waals surface area contributed by atoms with Crippen LogP contribution >= 0.6 is 0 Å². The fourth-order valence-electron chi connectivity index (χ4n) is 2.54. The van der Waals surface area contributed by atoms with Crippen molar-refractivity contribution in [3.8, 4) is 0 Å². The third-order valence-electron chi connectivity index (χ3n) is 3.99. The molecule has 0 aliphatic carbocycles. The van der Waals surface area contributed by atoms with Gasteiger partial charge in [-0.3, -0.25) is 4.79 Å². The number of hydrogen-bond donors (Lipinski definition) is 1. The lowest BCUT2D eigenvalue weighted by atomic mass is 10.1. The molecular weight excluding hydrogens is 370 g/mol. The Kier molecular flexibility index (Phi) is 6.73. The van der Waals surface area contributed by atoms with Gasteiger partial charge in [-0.1, -0.05) is 60.7 Å². The molecule has 3 rings (SSSR count). The third-order valence-corrected chi connectivity index (χ3v) is 3.99. The van der Waals surface area contributed by atoms with Crippen LogP contribution in [0.5, 0.6) is 0 Å². The molecule has 3 aromatic carbocycles. The molecule has 6 heteroatoms. The minimum atomic E-state index is -0.731. The maximum atomic E-state index is 12.4. The molecule has 6 nitrogen and oxygen atoms in total. The Bertz CT molecular complexity index is 986. The summed E-state index contributed by atoms with van der Waals surface area (Å²) in [6, 6.07) is 24.2. The van der Waals surface area contributed by atoms with Crippen LogP contribution in [0.1, 0.15) is 26.3 Å². The van der Waals surface area contributed by atoms with E-state index in [1.807, 2.05) is 30.3 Å². The van der Waals surface area contributed by atoms with Gasteiger partial charge in [0.15, 0.2) is 6.61 Å². The van der Waals surface area contributed by atoms with E-state index in [9.17, 15) is 14.4 Å². The standard InChI is InChI=1S/C23H19NO5/c25-21(28-15-17-9-3-1-4-10-17)16-29-23(27)19-13-7-8-14-20(19)24-22(26)18-11-5-2-6-12-18/h1-14H,15-16H2,(H,24,26). The molecule has 0 saturated carbocycles. The highest BCUT2D eigenvalue weighted by molar-refractivity contribution is 6.08. The predicted molar refractivity (Wildman–Crippen MR) is 107 cm³/mol. The van der Waals surface area contributed by atoms with Crippen molar-refractivity contribution in [1.82, 2.24) is 0 Å². The van der Waals surface area contributed by atoms with Crippen LogP contribution in [0, 0.1) is 0 Å². The molecule has 1 amide bonds. The Morgan fingerprint density at radius 2 is 1.34 bits per heavy atom. The number of rotatable bonds is 7. The summed E-state index contributed by atoms with van der Waals surface area (Å²) in [5.74, 6) is -1.74. The van der Waals surface area contributed by atoms with Crippen LogP contribution in [0.15, 0.2) is 84.9 Å². The number of ether oxygens (including phenoxy) is 2. The van der Waals surface area contributed by atoms with E-state index < -0.39 is 18.5 Å². The lowest BCUT2D eigenvalue weighted by Crippen LogP contribution is -2.19. The smallest absolute Gasteiger partial charge is 0.344 e. The zero-order valence-corrected chi connectivity index (χ0v) is 15.5. The first-order valence-corrected chi connectivity index (χ1v) is 8.95. The van der Waals surface area contributed by atoms with Gasteiger partial charge in [0, 0.05) is 5.56 Å². The number of hydrogen-bond acceptors (Lipinski definition) is 5. The second-order valence-corrected chi connectivity index (χ2v) is 6.09. The molecule has 1 N–H and O–H groups in total. The van der Waals surface area contributed by atoms with Gasteiger partial charge in [-0.2, -0.15) is 0 Å². The number of carbonyl (C=O) groups excluding carboxylic acids is 3. The van der Waals surface area contributed by atoms with Crippen molar-refractivity contribution >= 4 is 23.5 Å². The van der Waals surface area contributed by atoms with Gasteiger partial charge >= 0.3 is 11.9 Å². The summed E-state index contributed by atoms with van der Waals surface area (Å²) in [6.07, 6.45) is 0. The van der Waals surface area contributed by atoms with E-state index in [1.165, 1.54) is 6.07 Å². The topological polar surface area (TPSA) is 81.7 Å². The van der Waals surface area contributed by atoms with E-state index in [0.717, 1.165) is 5.56 Å². The van der Waals surface area contributed by atoms with Gasteiger partial charge < -0.3 is 14.8 Å². The summed E-state index contributed by atoms with van der Waals surface area (Å²) in [4.78, 5) is 36.5. The van der Waals surface area contributed by atoms with Crippen molar-refractivity contribution in [3.05, 3.63) is 102 Å². The molecule has 0 spiro atoms. The largest absolute Gasteiger partial charge is 0.458 e. The summed E-state index contributed by atoms with van der Waals surface area (Å²) in [5, 5.41) is 2.69. The number of carbonyl (C=O) groups is 3. The SMILES string of the molecule is O=C(COC(=O)c1ccccc1NC(=O)c1ccccc1)OCc1ccccc1. The van der Waals surface area contributed by atoms with Crippen LogP contribution in [0.25, 0.3) is 0 Å². The fourth-order valence-corrected chi connectivity index (χ4v) is 2.54. The van der Waals surface area contributed by atoms with Crippen LogP contribution in [-0.2, 0) is 20.9 Å². The van der Waals surface area contributed by atoms with Crippen molar-refractivity contribution in [2.24, 2.45) is 0 Å². The van der Waals surface area contributed by atoms with Crippen molar-refractivity contribution in [1.29, 1.82) is 0 Å². The number of anilines is 1. The normalized spacial score (nSPS) is 10.1. The Morgan fingerprint density at radius 3 is 2.07 bits per heavy atom. The highest BCUT2D eigenvalue weighted by Crippen LogP contribution is 2.17. The zero-order valence-electron chi connectivity index (χ0n) is 15.5. The lowest BCUT2D eigenvalue weighted by Gasteiger charge is -2.11. The zero-order chi connectivity index (χ0) is 20.5. The van der Waals surface area contributed by atoms with E-state index in [1.54, 1.807) is 48.5 Å². The number of nitrogens with one attached hydrogen (secondary N) is 1. The van der Waals surface area contributed by atoms with Gasteiger partial charge in [0.1, 0.15) is 6.61 Å². The van der Waals surface area contributed by atoms with E-state index in [2.05, 4.69) is 5.32 Å². The van der Waals surface area contributed by atoms with Crippen LogP contribution in [-0.4, -0.2) is 24.5 Å². The Hall–Kier alpha value is -3.93. The van der Waals surface area contributed by atoms with Crippen LogP contribution in [0.2, 0.25) is 0 Å². The summed E-state index contributed by atoms with van der Waals surface area (Å²) >= 11 is 0. The highest BCUT2D eigenvalue weighted by atomic mass is 16.6. The quantitative estimate of drug-likeness (QED) is 0.621. The molecule has 0 aromatic heterocycles. The van der Waals surface area contributed by atoms with Gasteiger partial charge in [-0.25, -0.2) is 9.59 Å². The highest BCUT2D eigenvalue weighted by Gasteiger charge is 2.17. The molecule has 0 aliphatic heterocycles. The number of esters is 2. The minimum absolute atomic E-state index is 0.0982. The molecule has 0 heterocycles. The van der Waals surface area contributed by atoms with Crippen LogP contribution in [0.4, 0.5) is 5.69 Å². The number of para-hydroxylation sites is 1. The first-order chi connectivity index (χ1) is 14.1. The first kappa shape index (κ1) is 19.8. The summed E-state index contributed by atoms with van der Waals surface area (Å²) in [7, 11) is 0. The monoisotopic (exact) mass is 389 g/mol. The second kappa shape index (κ2) is 9.85. The summed E-state index contributed by atoms with van der Waals surface area (Å²) < 4.78 is 10.1. The van der Waals surface area contributed by atoms with E-state index >= 15 is 0 Å². The van der Waals surface area contributed by atoms with Crippen molar-refractivity contribution in [2.75, 3.05) is 11.9 Å². The number of benzene rings is 3. The molecule has 0 aliphatic rings. The molecular formula is C23H19NO5. The Labute approximate surface area is 168 Å². The maximum Gasteiger partial charge on any atom is 0.344 e. The predicted octanol–water partition coefficient (Wildman–Crippen LogP) is 3.84. The maximum absolute atomic E-state index is 12.4. The molecule has 0 saturated heterocycles. The minimum Gasteiger partial charge on any atom is -0.458 e. The Morgan fingerprint density at radius 1 is 0.724 bits per heavy atom. The second-order valence-electron chi connectivity index (χ2n) is 6.09. The van der Waals surface area contributed by atoms with Gasteiger partial charge in [0.05, 0.1) is 11.3 Å². The molecule has 3 aromatic rings. The molecule has 0 radical (unpaired) electrons. The van der Waals surface area contributed by atoms with Crippen molar-refractivity contribution < 1.29 is 23.9 Å². The first-order valence-electron chi connectivity index (χ1n) is 8.95. The van der Waals surface area contributed by atoms with E-state index in [0.29, 0.717) is 11.3 Å². The molecule has 0 fully saturated rings.